The Balaban J connectivity index is 2.19. The first-order valence-corrected chi connectivity index (χ1v) is 7.94. The third kappa shape index (κ3) is 3.26. The first kappa shape index (κ1) is 15.9. The number of nitrogens with one attached hydrogen (secondary N) is 1. The topological polar surface area (TPSA) is 72.9 Å². The number of rotatable bonds is 4. The van der Waals surface area contributed by atoms with Crippen molar-refractivity contribution in [3.8, 4) is 0 Å². The van der Waals surface area contributed by atoms with Crippen LogP contribution in [0.25, 0.3) is 0 Å². The van der Waals surface area contributed by atoms with Gasteiger partial charge in [-0.25, -0.2) is 0 Å². The highest BCUT2D eigenvalue weighted by molar-refractivity contribution is 7.80. The van der Waals surface area contributed by atoms with Gasteiger partial charge in [-0.2, -0.15) is 5.10 Å². The van der Waals surface area contributed by atoms with E-state index in [-0.39, 0.29) is 5.91 Å². The van der Waals surface area contributed by atoms with Crippen molar-refractivity contribution < 1.29 is 4.79 Å². The Hall–Kier alpha value is -1.43. The minimum Gasteiger partial charge on any atom is -0.391 e. The molecule has 1 heterocycles. The maximum atomic E-state index is 12.6. The van der Waals surface area contributed by atoms with Crippen molar-refractivity contribution >= 4 is 23.1 Å². The Morgan fingerprint density at radius 2 is 2.19 bits per heavy atom. The van der Waals surface area contributed by atoms with Crippen molar-refractivity contribution in [3.63, 3.8) is 0 Å². The molecule has 0 aromatic carbocycles. The minimum atomic E-state index is -0.546. The maximum absolute atomic E-state index is 12.6. The molecular weight excluding hydrogens is 284 g/mol. The van der Waals surface area contributed by atoms with Gasteiger partial charge in [0.2, 0.25) is 0 Å². The van der Waals surface area contributed by atoms with Crippen molar-refractivity contribution in [3.05, 3.63) is 17.5 Å². The average molecular weight is 308 g/mol. The fraction of sp³-hybridized carbons (Fsp3) is 0.667. The smallest absolute Gasteiger partial charge is 0.270 e. The molecule has 1 aromatic rings. The van der Waals surface area contributed by atoms with Crippen LogP contribution in [0.1, 0.15) is 55.7 Å². The van der Waals surface area contributed by atoms with Gasteiger partial charge in [0.1, 0.15) is 5.69 Å². The van der Waals surface area contributed by atoms with Crippen molar-refractivity contribution in [2.75, 3.05) is 0 Å². The summed E-state index contributed by atoms with van der Waals surface area (Å²) in [6.45, 7) is 4.24. The summed E-state index contributed by atoms with van der Waals surface area (Å²) in [4.78, 5) is 13.0. The Bertz CT molecular complexity index is 544. The molecule has 0 unspecified atom stereocenters. The second-order valence-corrected chi connectivity index (χ2v) is 6.52. The van der Waals surface area contributed by atoms with Crippen molar-refractivity contribution in [1.29, 1.82) is 0 Å². The molecule has 1 saturated carbocycles. The SMILES string of the molecule is CCc1cc(C(=O)NC2(C(N)=S)CCC(C)CC2)n(C)n1. The van der Waals surface area contributed by atoms with Gasteiger partial charge in [0.15, 0.2) is 0 Å². The van der Waals surface area contributed by atoms with E-state index < -0.39 is 5.54 Å². The summed E-state index contributed by atoms with van der Waals surface area (Å²) >= 11 is 5.24. The average Bonchev–Trinajstić information content (AvgIpc) is 2.82. The van der Waals surface area contributed by atoms with Gasteiger partial charge in [0.25, 0.3) is 5.91 Å². The van der Waals surface area contributed by atoms with Crippen molar-refractivity contribution in [2.45, 2.75) is 51.5 Å². The third-order valence-corrected chi connectivity index (χ3v) is 4.87. The Morgan fingerprint density at radius 3 is 2.67 bits per heavy atom. The molecule has 21 heavy (non-hydrogen) atoms. The molecule has 0 saturated heterocycles. The number of hydrogen-bond acceptors (Lipinski definition) is 3. The number of nitrogens with zero attached hydrogens (tertiary/aromatic N) is 2. The molecule has 1 aliphatic rings. The predicted molar refractivity (Wildman–Crippen MR) is 87.2 cm³/mol. The quantitative estimate of drug-likeness (QED) is 0.834. The third-order valence-electron chi connectivity index (χ3n) is 4.48. The molecule has 5 nitrogen and oxygen atoms in total. The second-order valence-electron chi connectivity index (χ2n) is 6.08. The largest absolute Gasteiger partial charge is 0.391 e. The van der Waals surface area contributed by atoms with Crippen LogP contribution in [0, 0.1) is 5.92 Å². The lowest BCUT2D eigenvalue weighted by Crippen LogP contribution is -2.58. The summed E-state index contributed by atoms with van der Waals surface area (Å²) in [7, 11) is 1.78. The summed E-state index contributed by atoms with van der Waals surface area (Å²) < 4.78 is 1.62. The van der Waals surface area contributed by atoms with Crippen molar-refractivity contribution in [2.24, 2.45) is 18.7 Å². The lowest BCUT2D eigenvalue weighted by atomic mass is 9.77. The van der Waals surface area contributed by atoms with Crippen LogP contribution in [0.2, 0.25) is 0 Å². The number of amides is 1. The zero-order chi connectivity index (χ0) is 15.6. The molecule has 116 valence electrons. The van der Waals surface area contributed by atoms with E-state index in [2.05, 4.69) is 17.3 Å². The van der Waals surface area contributed by atoms with Gasteiger partial charge in [0.05, 0.1) is 16.2 Å². The normalized spacial score (nSPS) is 25.6. The molecule has 0 bridgehead atoms. The van der Waals surface area contributed by atoms with E-state index in [9.17, 15) is 4.79 Å². The first-order chi connectivity index (χ1) is 9.88. The molecule has 1 amide bonds. The van der Waals surface area contributed by atoms with Gasteiger partial charge in [-0.05, 0) is 44.1 Å². The maximum Gasteiger partial charge on any atom is 0.270 e. The molecule has 3 N–H and O–H groups in total. The van der Waals surface area contributed by atoms with Gasteiger partial charge in [0, 0.05) is 7.05 Å². The Morgan fingerprint density at radius 1 is 1.57 bits per heavy atom. The molecule has 6 heteroatoms. The van der Waals surface area contributed by atoms with E-state index in [4.69, 9.17) is 18.0 Å². The van der Waals surface area contributed by atoms with E-state index in [1.54, 1.807) is 11.7 Å². The lowest BCUT2D eigenvalue weighted by molar-refractivity contribution is 0.0891. The van der Waals surface area contributed by atoms with Crippen LogP contribution in [-0.4, -0.2) is 26.2 Å². The molecular formula is C15H24N4OS. The van der Waals surface area contributed by atoms with Crippen LogP contribution < -0.4 is 11.1 Å². The van der Waals surface area contributed by atoms with Gasteiger partial charge in [-0.3, -0.25) is 9.48 Å². The van der Waals surface area contributed by atoms with E-state index in [0.29, 0.717) is 16.6 Å². The molecule has 2 rings (SSSR count). The first-order valence-electron chi connectivity index (χ1n) is 7.53. The van der Waals surface area contributed by atoms with Crippen LogP contribution >= 0.6 is 12.2 Å². The van der Waals surface area contributed by atoms with Gasteiger partial charge in [-0.15, -0.1) is 0 Å². The number of thiocarbonyl (C=S) groups is 1. The second kappa shape index (κ2) is 6.13. The molecule has 0 atom stereocenters. The summed E-state index contributed by atoms with van der Waals surface area (Å²) in [6.07, 6.45) is 4.49. The summed E-state index contributed by atoms with van der Waals surface area (Å²) in [6, 6.07) is 1.83. The predicted octanol–water partition coefficient (Wildman–Crippen LogP) is 1.95. The summed E-state index contributed by atoms with van der Waals surface area (Å²) in [5, 5.41) is 7.40. The number of hydrogen-bond donors (Lipinski definition) is 2. The van der Waals surface area contributed by atoms with Gasteiger partial charge < -0.3 is 11.1 Å². The standard InChI is InChI=1S/C15H24N4OS/c1-4-11-9-12(19(3)18-11)13(20)17-15(14(16)21)7-5-10(2)6-8-15/h9-10H,4-8H2,1-3H3,(H2,16,21)(H,17,20). The summed E-state index contributed by atoms with van der Waals surface area (Å²) in [5.41, 5.74) is 6.85. The van der Waals surface area contributed by atoms with Crippen LogP contribution in [0.3, 0.4) is 0 Å². The highest BCUT2D eigenvalue weighted by Crippen LogP contribution is 2.32. The lowest BCUT2D eigenvalue weighted by Gasteiger charge is -2.39. The van der Waals surface area contributed by atoms with Crippen molar-refractivity contribution in [1.82, 2.24) is 15.1 Å². The fourth-order valence-corrected chi connectivity index (χ4v) is 3.14. The summed E-state index contributed by atoms with van der Waals surface area (Å²) in [5.74, 6) is 0.514. The number of carbonyl (C=O) groups is 1. The number of carbonyl (C=O) groups excluding carboxylic acids is 1. The number of aromatic nitrogens is 2. The molecule has 0 aliphatic heterocycles. The molecule has 1 aliphatic carbocycles. The highest BCUT2D eigenvalue weighted by atomic mass is 32.1. The highest BCUT2D eigenvalue weighted by Gasteiger charge is 2.38. The molecule has 0 spiro atoms. The van der Waals surface area contributed by atoms with E-state index in [0.717, 1.165) is 37.8 Å². The Kier molecular flexibility index (Phi) is 4.66. The van der Waals surface area contributed by atoms with Crippen LogP contribution in [0.4, 0.5) is 0 Å². The van der Waals surface area contributed by atoms with Gasteiger partial charge >= 0.3 is 0 Å². The van der Waals surface area contributed by atoms with E-state index in [1.807, 2.05) is 13.0 Å². The molecule has 1 aromatic heterocycles. The van der Waals surface area contributed by atoms with Crippen LogP contribution in [0.5, 0.6) is 0 Å². The van der Waals surface area contributed by atoms with Crippen LogP contribution in [-0.2, 0) is 13.5 Å². The molecule has 1 fully saturated rings. The Labute approximate surface area is 131 Å². The zero-order valence-corrected chi connectivity index (χ0v) is 13.8. The van der Waals surface area contributed by atoms with E-state index in [1.165, 1.54) is 0 Å². The minimum absolute atomic E-state index is 0.146. The number of nitrogens with two attached hydrogens (primary N) is 1. The van der Waals surface area contributed by atoms with E-state index >= 15 is 0 Å². The van der Waals surface area contributed by atoms with Crippen LogP contribution in [0.15, 0.2) is 6.07 Å². The van der Waals surface area contributed by atoms with Gasteiger partial charge in [-0.1, -0.05) is 26.1 Å². The zero-order valence-electron chi connectivity index (χ0n) is 13.0. The fourth-order valence-electron chi connectivity index (χ4n) is 2.88. The monoisotopic (exact) mass is 308 g/mol. The number of aryl methyl sites for hydroxylation is 2. The molecule has 0 radical (unpaired) electrons.